The van der Waals surface area contributed by atoms with E-state index in [-0.39, 0.29) is 22.3 Å². The van der Waals surface area contributed by atoms with E-state index in [0.29, 0.717) is 27.3 Å². The normalized spacial score (nSPS) is 11.8. The highest BCUT2D eigenvalue weighted by Crippen LogP contribution is 2.59. The summed E-state index contributed by atoms with van der Waals surface area (Å²) < 4.78 is 6.44. The second-order valence-electron chi connectivity index (χ2n) is 17.1. The maximum Gasteiger partial charge on any atom is 0.208 e. The van der Waals surface area contributed by atoms with Gasteiger partial charge in [-0.25, -0.2) is 0 Å². The van der Waals surface area contributed by atoms with Gasteiger partial charge in [-0.1, -0.05) is 133 Å². The van der Waals surface area contributed by atoms with E-state index in [9.17, 15) is 51.1 Å². The summed E-state index contributed by atoms with van der Waals surface area (Å²) in [5.74, 6) is -9.09. The standard InChI is InChI=1S/C58H36O11/c59-48-46(49(60)53(64)56(67)52(48)63)40-15-7-14-39-34-23-21-31(26-43(34)69-58(39)40)41-25-30-8-1-2-9-32(30)42-24-29(20-22-33(41)42)27-16-18-28(19-17-27)44-35-10-3-5-12-37(35)45(38-13-6-4-11-36(38)44)47-50(61)54(65)57(68)55(66)51(47)62/h1-26,59-68H. The van der Waals surface area contributed by atoms with Crippen LogP contribution in [-0.2, 0) is 0 Å². The minimum absolute atomic E-state index is 0.193. The predicted octanol–water partition coefficient (Wildman–Crippen LogP) is 13.6. The lowest BCUT2D eigenvalue weighted by Crippen LogP contribution is -1.92. The van der Waals surface area contributed by atoms with E-state index in [2.05, 4.69) is 60.7 Å². The van der Waals surface area contributed by atoms with Crippen molar-refractivity contribution in [3.63, 3.8) is 0 Å². The molecule has 0 aliphatic carbocycles. The van der Waals surface area contributed by atoms with Gasteiger partial charge in [0.05, 0.1) is 11.1 Å². The first-order valence-electron chi connectivity index (χ1n) is 21.7. The number of hydrogen-bond acceptors (Lipinski definition) is 11. The summed E-state index contributed by atoms with van der Waals surface area (Å²) in [6.07, 6.45) is 0. The quantitative estimate of drug-likeness (QED) is 0.0339. The zero-order valence-corrected chi connectivity index (χ0v) is 35.9. The van der Waals surface area contributed by atoms with Crippen LogP contribution in [0.1, 0.15) is 0 Å². The summed E-state index contributed by atoms with van der Waals surface area (Å²) in [5, 5.41) is 114. The fourth-order valence-electron chi connectivity index (χ4n) is 10.1. The lowest BCUT2D eigenvalue weighted by Gasteiger charge is -2.20. The molecule has 0 saturated heterocycles. The van der Waals surface area contributed by atoms with E-state index in [1.54, 1.807) is 12.1 Å². The number of rotatable bonds is 5. The Labute approximate surface area is 390 Å². The molecule has 0 fully saturated rings. The number of benzene rings is 11. The van der Waals surface area contributed by atoms with E-state index >= 15 is 0 Å². The van der Waals surface area contributed by atoms with Crippen LogP contribution < -0.4 is 0 Å². The van der Waals surface area contributed by atoms with Gasteiger partial charge in [-0.2, -0.15) is 0 Å². The average Bonchev–Trinajstić information content (AvgIpc) is 3.77. The molecular weight excluding hydrogens is 873 g/mol. The molecule has 12 rings (SSSR count). The van der Waals surface area contributed by atoms with Gasteiger partial charge in [0.15, 0.2) is 23.0 Å². The van der Waals surface area contributed by atoms with Crippen LogP contribution in [0.2, 0.25) is 0 Å². The Balaban J connectivity index is 0.973. The van der Waals surface area contributed by atoms with Gasteiger partial charge in [0.25, 0.3) is 0 Å². The molecule has 0 radical (unpaired) electrons. The number of phenols is 10. The molecule has 1 aromatic heterocycles. The second kappa shape index (κ2) is 14.9. The zero-order chi connectivity index (χ0) is 47.6. The van der Waals surface area contributed by atoms with E-state index in [0.717, 1.165) is 71.1 Å². The van der Waals surface area contributed by atoms with Crippen molar-refractivity contribution in [2.75, 3.05) is 0 Å². The molecule has 0 aliphatic rings. The highest BCUT2D eigenvalue weighted by molar-refractivity contribution is 6.23. The first-order valence-corrected chi connectivity index (χ1v) is 21.7. The zero-order valence-electron chi connectivity index (χ0n) is 35.9. The molecule has 0 atom stereocenters. The van der Waals surface area contributed by atoms with Crippen molar-refractivity contribution in [2.45, 2.75) is 0 Å². The minimum Gasteiger partial charge on any atom is -0.504 e. The summed E-state index contributed by atoms with van der Waals surface area (Å²) in [5.41, 5.74) is 6.43. The molecule has 69 heavy (non-hydrogen) atoms. The molecule has 0 amide bonds. The third-order valence-corrected chi connectivity index (χ3v) is 13.4. The van der Waals surface area contributed by atoms with Crippen molar-refractivity contribution in [1.82, 2.24) is 0 Å². The molecule has 1 heterocycles. The van der Waals surface area contributed by atoms with Gasteiger partial charge >= 0.3 is 0 Å². The van der Waals surface area contributed by atoms with Crippen molar-refractivity contribution < 1.29 is 55.5 Å². The SMILES string of the molecule is Oc1c(O)c(O)c(-c2c3ccccc3c(-c3ccc(-c4ccc5c(-c6ccc7c(c6)oc6c(-c8c(O)c(O)c(O)c(O)c8O)cccc67)cc6ccccc6c5c4)cc3)c3ccccc23)c(O)c1O. The molecule has 0 unspecified atom stereocenters. The largest absolute Gasteiger partial charge is 0.504 e. The Morgan fingerprint density at radius 3 is 1.32 bits per heavy atom. The third kappa shape index (κ3) is 5.87. The molecule has 11 nitrogen and oxygen atoms in total. The van der Waals surface area contributed by atoms with Crippen molar-refractivity contribution in [2.24, 2.45) is 0 Å². The number of hydrogen-bond donors (Lipinski definition) is 10. The molecule has 11 heteroatoms. The number of furan rings is 1. The maximum atomic E-state index is 11.1. The molecule has 12 aromatic rings. The van der Waals surface area contributed by atoms with Crippen molar-refractivity contribution in [1.29, 1.82) is 0 Å². The third-order valence-electron chi connectivity index (χ3n) is 13.4. The predicted molar refractivity (Wildman–Crippen MR) is 268 cm³/mol. The average molecular weight is 909 g/mol. The first-order chi connectivity index (χ1) is 33.4. The van der Waals surface area contributed by atoms with Crippen LogP contribution in [0.15, 0.2) is 162 Å². The molecule has 334 valence electrons. The summed E-state index contributed by atoms with van der Waals surface area (Å²) in [7, 11) is 0. The van der Waals surface area contributed by atoms with Crippen molar-refractivity contribution in [3.05, 3.63) is 158 Å². The molecular formula is C58H36O11. The number of phenolic OH excluding ortho intramolecular Hbond substituents is 10. The smallest absolute Gasteiger partial charge is 0.208 e. The van der Waals surface area contributed by atoms with Crippen LogP contribution in [0.4, 0.5) is 0 Å². The van der Waals surface area contributed by atoms with Gasteiger partial charge in [-0.05, 0) is 101 Å². The Hall–Kier alpha value is -9.74. The second-order valence-corrected chi connectivity index (χ2v) is 17.1. The van der Waals surface area contributed by atoms with Gasteiger partial charge in [0.2, 0.25) is 34.5 Å². The van der Waals surface area contributed by atoms with Crippen LogP contribution in [-0.4, -0.2) is 51.1 Å². The van der Waals surface area contributed by atoms with Gasteiger partial charge < -0.3 is 55.5 Å². The summed E-state index contributed by atoms with van der Waals surface area (Å²) in [6, 6.07) is 50.9. The Bertz CT molecular complexity index is 4070. The highest BCUT2D eigenvalue weighted by atomic mass is 16.4. The fraction of sp³-hybridized carbons (Fsp3) is 0. The molecule has 0 aliphatic heterocycles. The number of aromatic hydroxyl groups is 10. The first kappa shape index (κ1) is 40.7. The van der Waals surface area contributed by atoms with E-state index in [1.807, 2.05) is 84.9 Å². The van der Waals surface area contributed by atoms with Gasteiger partial charge in [-0.15, -0.1) is 0 Å². The lowest BCUT2D eigenvalue weighted by atomic mass is 9.85. The molecule has 0 saturated carbocycles. The van der Waals surface area contributed by atoms with Crippen LogP contribution in [0.3, 0.4) is 0 Å². The van der Waals surface area contributed by atoms with E-state index in [1.165, 1.54) is 0 Å². The lowest BCUT2D eigenvalue weighted by molar-refractivity contribution is 0.330. The van der Waals surface area contributed by atoms with Crippen molar-refractivity contribution >= 4 is 65.0 Å². The Kier molecular flexibility index (Phi) is 8.79. The molecule has 0 bridgehead atoms. The topological polar surface area (TPSA) is 215 Å². The Morgan fingerprint density at radius 1 is 0.246 bits per heavy atom. The highest BCUT2D eigenvalue weighted by Gasteiger charge is 2.29. The van der Waals surface area contributed by atoms with Gasteiger partial charge in [0.1, 0.15) is 11.2 Å². The van der Waals surface area contributed by atoms with Gasteiger partial charge in [-0.3, -0.25) is 0 Å². The summed E-state index contributed by atoms with van der Waals surface area (Å²) in [6.45, 7) is 0. The van der Waals surface area contributed by atoms with Crippen LogP contribution >= 0.6 is 0 Å². The van der Waals surface area contributed by atoms with Crippen LogP contribution in [0.25, 0.3) is 121 Å². The molecule has 10 N–H and O–H groups in total. The van der Waals surface area contributed by atoms with Gasteiger partial charge in [0, 0.05) is 21.9 Å². The molecule has 0 spiro atoms. The number of para-hydroxylation sites is 1. The monoisotopic (exact) mass is 908 g/mol. The fourth-order valence-corrected chi connectivity index (χ4v) is 10.1. The van der Waals surface area contributed by atoms with E-state index < -0.39 is 57.5 Å². The number of fused-ring (bicyclic) bond motifs is 8. The Morgan fingerprint density at radius 2 is 0.710 bits per heavy atom. The maximum absolute atomic E-state index is 11.1. The van der Waals surface area contributed by atoms with Crippen molar-refractivity contribution in [3.8, 4) is 113 Å². The van der Waals surface area contributed by atoms with Crippen LogP contribution in [0, 0.1) is 0 Å². The summed E-state index contributed by atoms with van der Waals surface area (Å²) in [4.78, 5) is 0. The van der Waals surface area contributed by atoms with E-state index in [4.69, 9.17) is 4.42 Å². The molecule has 11 aromatic carbocycles. The van der Waals surface area contributed by atoms with Crippen LogP contribution in [0.5, 0.6) is 57.5 Å². The summed E-state index contributed by atoms with van der Waals surface area (Å²) >= 11 is 0. The minimum atomic E-state index is -1.04.